The van der Waals surface area contributed by atoms with Crippen molar-refractivity contribution in [2.45, 2.75) is 38.5 Å². The van der Waals surface area contributed by atoms with Crippen molar-refractivity contribution < 1.29 is 0 Å². The van der Waals surface area contributed by atoms with Crippen LogP contribution in [-0.4, -0.2) is 0 Å². The summed E-state index contributed by atoms with van der Waals surface area (Å²) >= 11 is 0. The SMILES string of the molecule is CC1=C(c2ccccc2)[C@@H]2CCC[C@@H]2[C@]1(C)c1ccccc1. The Labute approximate surface area is 133 Å². The summed E-state index contributed by atoms with van der Waals surface area (Å²) in [5.41, 5.74) is 6.37. The number of rotatable bonds is 2. The van der Waals surface area contributed by atoms with Crippen LogP contribution in [0.15, 0.2) is 66.2 Å². The lowest BCUT2D eigenvalue weighted by Gasteiger charge is -2.34. The first-order valence-electron chi connectivity index (χ1n) is 8.55. The minimum atomic E-state index is 0.202. The van der Waals surface area contributed by atoms with Crippen molar-refractivity contribution in [2.75, 3.05) is 0 Å². The molecule has 0 amide bonds. The van der Waals surface area contributed by atoms with Gasteiger partial charge in [0.05, 0.1) is 0 Å². The highest BCUT2D eigenvalue weighted by Crippen LogP contribution is 2.60. The molecule has 0 heteroatoms. The van der Waals surface area contributed by atoms with Crippen molar-refractivity contribution in [3.63, 3.8) is 0 Å². The summed E-state index contributed by atoms with van der Waals surface area (Å²) in [7, 11) is 0. The van der Waals surface area contributed by atoms with Gasteiger partial charge in [-0.05, 0) is 48.3 Å². The molecule has 0 saturated heterocycles. The molecule has 0 nitrogen and oxygen atoms in total. The van der Waals surface area contributed by atoms with E-state index in [4.69, 9.17) is 0 Å². The fourth-order valence-corrected chi connectivity index (χ4v) is 5.10. The van der Waals surface area contributed by atoms with Crippen LogP contribution in [-0.2, 0) is 5.41 Å². The van der Waals surface area contributed by atoms with Crippen LogP contribution in [0.3, 0.4) is 0 Å². The molecule has 0 N–H and O–H groups in total. The Morgan fingerprint density at radius 3 is 2.18 bits per heavy atom. The fourth-order valence-electron chi connectivity index (χ4n) is 5.10. The topological polar surface area (TPSA) is 0 Å². The highest BCUT2D eigenvalue weighted by Gasteiger charge is 2.51. The molecule has 0 heterocycles. The quantitative estimate of drug-likeness (QED) is 0.650. The molecule has 2 aromatic carbocycles. The van der Waals surface area contributed by atoms with Gasteiger partial charge in [-0.15, -0.1) is 0 Å². The maximum Gasteiger partial charge on any atom is 0.0171 e. The molecule has 0 radical (unpaired) electrons. The largest absolute Gasteiger partial charge is 0.0622 e. The monoisotopic (exact) mass is 288 g/mol. The van der Waals surface area contributed by atoms with E-state index in [0.717, 1.165) is 11.8 Å². The molecule has 22 heavy (non-hydrogen) atoms. The van der Waals surface area contributed by atoms with Gasteiger partial charge in [0.2, 0.25) is 0 Å². The lowest BCUT2D eigenvalue weighted by Crippen LogP contribution is -2.30. The van der Waals surface area contributed by atoms with E-state index in [1.54, 1.807) is 11.1 Å². The summed E-state index contributed by atoms with van der Waals surface area (Å²) in [6, 6.07) is 22.2. The molecule has 2 aliphatic rings. The molecule has 3 atom stereocenters. The highest BCUT2D eigenvalue weighted by atomic mass is 14.5. The fraction of sp³-hybridized carbons (Fsp3) is 0.364. The molecular weight excluding hydrogens is 264 g/mol. The average Bonchev–Trinajstić information content (AvgIpc) is 3.12. The van der Waals surface area contributed by atoms with Gasteiger partial charge in [-0.2, -0.15) is 0 Å². The van der Waals surface area contributed by atoms with Gasteiger partial charge in [0.25, 0.3) is 0 Å². The van der Waals surface area contributed by atoms with E-state index >= 15 is 0 Å². The number of hydrogen-bond donors (Lipinski definition) is 0. The molecule has 2 aliphatic carbocycles. The maximum absolute atomic E-state index is 2.48. The first-order valence-corrected chi connectivity index (χ1v) is 8.55. The van der Waals surface area contributed by atoms with Gasteiger partial charge < -0.3 is 0 Å². The number of hydrogen-bond acceptors (Lipinski definition) is 0. The summed E-state index contributed by atoms with van der Waals surface area (Å²) in [6.07, 6.45) is 4.10. The van der Waals surface area contributed by atoms with Crippen LogP contribution < -0.4 is 0 Å². The van der Waals surface area contributed by atoms with Gasteiger partial charge in [0.1, 0.15) is 0 Å². The van der Waals surface area contributed by atoms with Crippen molar-refractivity contribution >= 4 is 5.57 Å². The van der Waals surface area contributed by atoms with Gasteiger partial charge in [0, 0.05) is 5.41 Å². The summed E-state index contributed by atoms with van der Waals surface area (Å²) in [5, 5.41) is 0. The average molecular weight is 288 g/mol. The zero-order chi connectivity index (χ0) is 15.2. The molecule has 0 unspecified atom stereocenters. The molecular formula is C22H24. The van der Waals surface area contributed by atoms with Gasteiger partial charge in [-0.3, -0.25) is 0 Å². The summed E-state index contributed by atoms with van der Waals surface area (Å²) in [4.78, 5) is 0. The zero-order valence-electron chi connectivity index (χ0n) is 13.5. The normalized spacial score (nSPS) is 30.6. The molecule has 0 spiro atoms. The minimum absolute atomic E-state index is 0.202. The third kappa shape index (κ3) is 1.83. The van der Waals surface area contributed by atoms with Crippen LogP contribution in [0.2, 0.25) is 0 Å². The van der Waals surface area contributed by atoms with Crippen molar-refractivity contribution in [1.29, 1.82) is 0 Å². The van der Waals surface area contributed by atoms with E-state index in [2.05, 4.69) is 74.5 Å². The molecule has 0 bridgehead atoms. The van der Waals surface area contributed by atoms with E-state index in [9.17, 15) is 0 Å². The van der Waals surface area contributed by atoms with Crippen LogP contribution in [0.1, 0.15) is 44.2 Å². The van der Waals surface area contributed by atoms with Crippen molar-refractivity contribution in [1.82, 2.24) is 0 Å². The summed E-state index contributed by atoms with van der Waals surface area (Å²) in [5.74, 6) is 1.51. The molecule has 1 fully saturated rings. The third-order valence-corrected chi connectivity index (χ3v) is 6.27. The van der Waals surface area contributed by atoms with E-state index in [0.29, 0.717) is 0 Å². The smallest absolute Gasteiger partial charge is 0.0171 e. The molecule has 0 aromatic heterocycles. The highest BCUT2D eigenvalue weighted by molar-refractivity contribution is 5.76. The van der Waals surface area contributed by atoms with Crippen molar-refractivity contribution in [3.05, 3.63) is 77.4 Å². The Balaban J connectivity index is 1.91. The van der Waals surface area contributed by atoms with Crippen LogP contribution >= 0.6 is 0 Å². The van der Waals surface area contributed by atoms with Crippen LogP contribution in [0, 0.1) is 11.8 Å². The van der Waals surface area contributed by atoms with Crippen LogP contribution in [0.4, 0.5) is 0 Å². The second kappa shape index (κ2) is 5.12. The second-order valence-electron chi connectivity index (χ2n) is 7.12. The maximum atomic E-state index is 2.48. The molecule has 2 aromatic rings. The van der Waals surface area contributed by atoms with E-state index in [1.807, 2.05) is 0 Å². The number of benzene rings is 2. The predicted octanol–water partition coefficient (Wildman–Crippen LogP) is 5.85. The Hall–Kier alpha value is -1.82. The molecule has 0 aliphatic heterocycles. The van der Waals surface area contributed by atoms with Gasteiger partial charge >= 0.3 is 0 Å². The summed E-state index contributed by atoms with van der Waals surface area (Å²) in [6.45, 7) is 4.87. The first-order chi connectivity index (χ1) is 10.7. The first kappa shape index (κ1) is 13.8. The Bertz CT molecular complexity index is 695. The van der Waals surface area contributed by atoms with E-state index in [1.165, 1.54) is 30.4 Å². The number of fused-ring (bicyclic) bond motifs is 1. The van der Waals surface area contributed by atoms with Gasteiger partial charge in [0.15, 0.2) is 0 Å². The Kier molecular flexibility index (Phi) is 3.22. The Morgan fingerprint density at radius 2 is 1.50 bits per heavy atom. The van der Waals surface area contributed by atoms with E-state index in [-0.39, 0.29) is 5.41 Å². The molecule has 4 rings (SSSR count). The van der Waals surface area contributed by atoms with Crippen molar-refractivity contribution in [2.24, 2.45) is 11.8 Å². The molecule has 112 valence electrons. The van der Waals surface area contributed by atoms with Gasteiger partial charge in [-0.1, -0.05) is 79.6 Å². The van der Waals surface area contributed by atoms with Crippen LogP contribution in [0.25, 0.3) is 5.57 Å². The van der Waals surface area contributed by atoms with E-state index < -0.39 is 0 Å². The summed E-state index contributed by atoms with van der Waals surface area (Å²) < 4.78 is 0. The predicted molar refractivity (Wildman–Crippen MR) is 93.7 cm³/mol. The van der Waals surface area contributed by atoms with Gasteiger partial charge in [-0.25, -0.2) is 0 Å². The molecule has 1 saturated carbocycles. The number of allylic oxidation sites excluding steroid dienone is 2. The lowest BCUT2D eigenvalue weighted by atomic mass is 9.69. The van der Waals surface area contributed by atoms with Crippen molar-refractivity contribution in [3.8, 4) is 0 Å². The standard InChI is InChI=1S/C22H24/c1-16-21(17-10-5-3-6-11-17)19-14-9-15-20(19)22(16,2)18-12-7-4-8-13-18/h3-8,10-13,19-20H,9,14-15H2,1-2H3/t19-,20+,22+/m1/s1. The third-order valence-electron chi connectivity index (χ3n) is 6.27. The Morgan fingerprint density at radius 1 is 0.864 bits per heavy atom. The zero-order valence-corrected chi connectivity index (χ0v) is 13.5. The minimum Gasteiger partial charge on any atom is -0.0622 e. The lowest BCUT2D eigenvalue weighted by molar-refractivity contribution is 0.336. The van der Waals surface area contributed by atoms with Crippen LogP contribution in [0.5, 0.6) is 0 Å². The second-order valence-corrected chi connectivity index (χ2v) is 7.12.